The fourth-order valence-electron chi connectivity index (χ4n) is 2.16. The maximum absolute atomic E-state index is 11.5. The van der Waals surface area contributed by atoms with E-state index in [2.05, 4.69) is 24.1 Å². The first kappa shape index (κ1) is 15.4. The second kappa shape index (κ2) is 7.74. The predicted octanol–water partition coefficient (Wildman–Crippen LogP) is 1.65. The molecule has 1 unspecified atom stereocenters. The number of carbonyl (C=O) groups is 1. The largest absolute Gasteiger partial charge is 0.468 e. The van der Waals surface area contributed by atoms with E-state index in [1.54, 1.807) is 0 Å². The van der Waals surface area contributed by atoms with Gasteiger partial charge in [-0.05, 0) is 45.2 Å². The van der Waals surface area contributed by atoms with Crippen molar-refractivity contribution in [2.24, 2.45) is 5.92 Å². The first-order valence-corrected chi connectivity index (χ1v) is 7.07. The van der Waals surface area contributed by atoms with Crippen molar-refractivity contribution in [2.45, 2.75) is 51.6 Å². The third-order valence-corrected chi connectivity index (χ3v) is 3.60. The summed E-state index contributed by atoms with van der Waals surface area (Å²) >= 11 is 0. The molecule has 0 heterocycles. The molecule has 0 bridgehead atoms. The maximum atomic E-state index is 11.5. The zero-order chi connectivity index (χ0) is 13.5. The highest BCUT2D eigenvalue weighted by Crippen LogP contribution is 2.27. The van der Waals surface area contributed by atoms with Gasteiger partial charge in [0, 0.05) is 12.6 Å². The van der Waals surface area contributed by atoms with E-state index in [1.807, 2.05) is 7.05 Å². The second-order valence-corrected chi connectivity index (χ2v) is 5.60. The van der Waals surface area contributed by atoms with E-state index in [1.165, 1.54) is 26.4 Å². The van der Waals surface area contributed by atoms with Crippen molar-refractivity contribution in [1.29, 1.82) is 0 Å². The lowest BCUT2D eigenvalue weighted by molar-refractivity contribution is -0.143. The first-order chi connectivity index (χ1) is 8.58. The minimum atomic E-state index is -0.171. The number of ether oxygens (including phenoxy) is 1. The number of nitrogens with zero attached hydrogens (tertiary/aromatic N) is 1. The summed E-state index contributed by atoms with van der Waals surface area (Å²) in [4.78, 5) is 14.0. The molecule has 18 heavy (non-hydrogen) atoms. The fourth-order valence-corrected chi connectivity index (χ4v) is 2.16. The Hall–Kier alpha value is -0.610. The Morgan fingerprint density at radius 1 is 1.33 bits per heavy atom. The first-order valence-electron chi connectivity index (χ1n) is 7.07. The summed E-state index contributed by atoms with van der Waals surface area (Å²) in [6.07, 6.45) is 4.71. The molecule has 1 fully saturated rings. The maximum Gasteiger partial charge on any atom is 0.322 e. The van der Waals surface area contributed by atoms with Crippen LogP contribution in [0.15, 0.2) is 0 Å². The molecular formula is C14H28N2O2. The van der Waals surface area contributed by atoms with Crippen molar-refractivity contribution in [1.82, 2.24) is 10.2 Å². The van der Waals surface area contributed by atoms with Crippen LogP contribution in [0, 0.1) is 5.92 Å². The molecule has 4 nitrogen and oxygen atoms in total. The van der Waals surface area contributed by atoms with E-state index in [-0.39, 0.29) is 12.0 Å². The number of hydrogen-bond acceptors (Lipinski definition) is 4. The quantitative estimate of drug-likeness (QED) is 0.637. The molecule has 0 spiro atoms. The van der Waals surface area contributed by atoms with Gasteiger partial charge in [-0.1, -0.05) is 13.8 Å². The van der Waals surface area contributed by atoms with Crippen LogP contribution in [0.2, 0.25) is 0 Å². The lowest BCUT2D eigenvalue weighted by Gasteiger charge is -2.24. The van der Waals surface area contributed by atoms with Crippen LogP contribution < -0.4 is 5.32 Å². The molecule has 1 saturated carbocycles. The van der Waals surface area contributed by atoms with Crippen LogP contribution in [-0.4, -0.2) is 50.2 Å². The molecule has 1 aliphatic rings. The van der Waals surface area contributed by atoms with Gasteiger partial charge in [-0.15, -0.1) is 0 Å². The van der Waals surface area contributed by atoms with E-state index < -0.39 is 0 Å². The Morgan fingerprint density at radius 3 is 2.39 bits per heavy atom. The van der Waals surface area contributed by atoms with Crippen molar-refractivity contribution in [2.75, 3.05) is 27.2 Å². The molecule has 1 aliphatic carbocycles. The van der Waals surface area contributed by atoms with Crippen molar-refractivity contribution in [3.05, 3.63) is 0 Å². The van der Waals surface area contributed by atoms with Crippen LogP contribution in [0.3, 0.4) is 0 Å². The fraction of sp³-hybridized carbons (Fsp3) is 0.929. The number of nitrogens with one attached hydrogen (secondary N) is 1. The standard InChI is InChI=1S/C14H28N2O2/c1-11(2)7-9-16(12-5-6-12)10-8-13(15-3)14(17)18-4/h11-13,15H,5-10H2,1-4H3. The van der Waals surface area contributed by atoms with Gasteiger partial charge in [0.2, 0.25) is 0 Å². The summed E-state index contributed by atoms with van der Waals surface area (Å²) in [6, 6.07) is 0.592. The molecule has 0 radical (unpaired) electrons. The van der Waals surface area contributed by atoms with Crippen molar-refractivity contribution >= 4 is 5.97 Å². The van der Waals surface area contributed by atoms with Crippen LogP contribution in [-0.2, 0) is 9.53 Å². The van der Waals surface area contributed by atoms with E-state index in [4.69, 9.17) is 4.74 Å². The van der Waals surface area contributed by atoms with Gasteiger partial charge >= 0.3 is 5.97 Å². The van der Waals surface area contributed by atoms with Gasteiger partial charge in [-0.2, -0.15) is 0 Å². The zero-order valence-corrected chi connectivity index (χ0v) is 12.2. The summed E-state index contributed by atoms with van der Waals surface area (Å²) in [5.41, 5.74) is 0. The third-order valence-electron chi connectivity index (χ3n) is 3.60. The molecule has 1 N–H and O–H groups in total. The van der Waals surface area contributed by atoms with E-state index >= 15 is 0 Å². The van der Waals surface area contributed by atoms with Crippen molar-refractivity contribution in [3.63, 3.8) is 0 Å². The van der Waals surface area contributed by atoms with Gasteiger partial charge in [0.05, 0.1) is 7.11 Å². The van der Waals surface area contributed by atoms with Crippen LogP contribution in [0.5, 0.6) is 0 Å². The Morgan fingerprint density at radius 2 is 1.94 bits per heavy atom. The number of hydrogen-bond donors (Lipinski definition) is 1. The zero-order valence-electron chi connectivity index (χ0n) is 12.2. The molecule has 0 aromatic carbocycles. The highest BCUT2D eigenvalue weighted by molar-refractivity contribution is 5.75. The highest BCUT2D eigenvalue weighted by Gasteiger charge is 2.29. The lowest BCUT2D eigenvalue weighted by atomic mass is 10.1. The Kier molecular flexibility index (Phi) is 6.65. The lowest BCUT2D eigenvalue weighted by Crippen LogP contribution is -2.39. The second-order valence-electron chi connectivity index (χ2n) is 5.60. The SMILES string of the molecule is CNC(CCN(CCC(C)C)C1CC1)C(=O)OC. The molecular weight excluding hydrogens is 228 g/mol. The molecule has 1 rings (SSSR count). The monoisotopic (exact) mass is 256 g/mol. The molecule has 0 aromatic heterocycles. The molecule has 0 aromatic rings. The van der Waals surface area contributed by atoms with Gasteiger partial charge in [0.1, 0.15) is 6.04 Å². The normalized spacial score (nSPS) is 17.2. The number of rotatable bonds is 9. The average molecular weight is 256 g/mol. The molecule has 0 aliphatic heterocycles. The summed E-state index contributed by atoms with van der Waals surface area (Å²) in [7, 11) is 3.27. The van der Waals surface area contributed by atoms with Gasteiger partial charge in [-0.3, -0.25) is 4.79 Å². The number of methoxy groups -OCH3 is 1. The molecule has 1 atom stereocenters. The smallest absolute Gasteiger partial charge is 0.322 e. The molecule has 4 heteroatoms. The topological polar surface area (TPSA) is 41.6 Å². The van der Waals surface area contributed by atoms with Gasteiger partial charge in [0.15, 0.2) is 0 Å². The minimum Gasteiger partial charge on any atom is -0.468 e. The van der Waals surface area contributed by atoms with Crippen LogP contribution >= 0.6 is 0 Å². The van der Waals surface area contributed by atoms with Gasteiger partial charge in [-0.25, -0.2) is 0 Å². The predicted molar refractivity (Wildman–Crippen MR) is 73.5 cm³/mol. The average Bonchev–Trinajstić information content (AvgIpc) is 3.17. The van der Waals surface area contributed by atoms with E-state index in [0.29, 0.717) is 0 Å². The minimum absolute atomic E-state index is 0.155. The molecule has 0 saturated heterocycles. The molecule has 0 amide bonds. The summed E-state index contributed by atoms with van der Waals surface area (Å²) < 4.78 is 4.79. The number of likely N-dealkylation sites (N-methyl/N-ethyl adjacent to an activating group) is 1. The summed E-state index contributed by atoms with van der Waals surface area (Å²) in [5, 5.41) is 3.03. The number of carbonyl (C=O) groups excluding carboxylic acids is 1. The Balaban J connectivity index is 2.33. The van der Waals surface area contributed by atoms with Crippen LogP contribution in [0.1, 0.15) is 39.5 Å². The van der Waals surface area contributed by atoms with Crippen LogP contribution in [0.4, 0.5) is 0 Å². The van der Waals surface area contributed by atoms with E-state index in [9.17, 15) is 4.79 Å². The summed E-state index contributed by atoms with van der Waals surface area (Å²) in [5.74, 6) is 0.587. The van der Waals surface area contributed by atoms with E-state index in [0.717, 1.165) is 31.5 Å². The Bertz CT molecular complexity index is 252. The van der Waals surface area contributed by atoms with Gasteiger partial charge in [0.25, 0.3) is 0 Å². The van der Waals surface area contributed by atoms with Gasteiger partial charge < -0.3 is 15.0 Å². The molecule has 106 valence electrons. The third kappa shape index (κ3) is 5.36. The van der Waals surface area contributed by atoms with Crippen molar-refractivity contribution < 1.29 is 9.53 Å². The highest BCUT2D eigenvalue weighted by atomic mass is 16.5. The van der Waals surface area contributed by atoms with Crippen molar-refractivity contribution in [3.8, 4) is 0 Å². The number of esters is 1. The summed E-state index contributed by atoms with van der Waals surface area (Å²) in [6.45, 7) is 6.66. The Labute approximate surface area is 111 Å². The van der Waals surface area contributed by atoms with Crippen LogP contribution in [0.25, 0.3) is 0 Å².